The van der Waals surface area contributed by atoms with Crippen molar-refractivity contribution in [2.24, 2.45) is 5.92 Å². The highest BCUT2D eigenvalue weighted by Crippen LogP contribution is 2.23. The van der Waals surface area contributed by atoms with Gasteiger partial charge in [0.05, 0.1) is 24.5 Å². The van der Waals surface area contributed by atoms with Crippen LogP contribution in [0.15, 0.2) is 41.0 Å². The van der Waals surface area contributed by atoms with E-state index in [0.29, 0.717) is 11.5 Å². The number of rotatable bonds is 4. The molecule has 1 aromatic carbocycles. The summed E-state index contributed by atoms with van der Waals surface area (Å²) in [6.45, 7) is 7.55. The zero-order chi connectivity index (χ0) is 18.1. The molecule has 136 valence electrons. The Labute approximate surface area is 156 Å². The first-order chi connectivity index (χ1) is 12.6. The quantitative estimate of drug-likeness (QED) is 0.705. The highest BCUT2D eigenvalue weighted by atomic mass is 32.1. The molecule has 0 radical (unpaired) electrons. The number of carbonyl (C=O) groups excluding carboxylic acids is 1. The number of aromatic nitrogens is 2. The summed E-state index contributed by atoms with van der Waals surface area (Å²) in [5, 5.41) is 0. The summed E-state index contributed by atoms with van der Waals surface area (Å²) in [6, 6.07) is 9.68. The Morgan fingerprint density at radius 2 is 2.12 bits per heavy atom. The molecule has 1 fully saturated rings. The van der Waals surface area contributed by atoms with Crippen LogP contribution in [0.4, 0.5) is 0 Å². The van der Waals surface area contributed by atoms with Crippen LogP contribution in [0.2, 0.25) is 0 Å². The lowest BCUT2D eigenvalue weighted by molar-refractivity contribution is 0.0314. The van der Waals surface area contributed by atoms with Gasteiger partial charge in [0.25, 0.3) is 5.91 Å². The van der Waals surface area contributed by atoms with Crippen molar-refractivity contribution in [3.05, 3.63) is 47.9 Å². The number of hydrogen-bond donors (Lipinski definition) is 0. The van der Waals surface area contributed by atoms with Crippen molar-refractivity contribution in [3.8, 4) is 0 Å². The Morgan fingerprint density at radius 3 is 2.88 bits per heavy atom. The second-order valence-electron chi connectivity index (χ2n) is 7.09. The third kappa shape index (κ3) is 3.37. The van der Waals surface area contributed by atoms with E-state index in [1.54, 1.807) is 6.26 Å². The van der Waals surface area contributed by atoms with Gasteiger partial charge >= 0.3 is 0 Å². The number of amides is 1. The highest BCUT2D eigenvalue weighted by Gasteiger charge is 2.33. The molecule has 1 aliphatic rings. The van der Waals surface area contributed by atoms with Crippen LogP contribution in [0.25, 0.3) is 11.0 Å². The average Bonchev–Trinajstić information content (AvgIpc) is 3.31. The zero-order valence-corrected chi connectivity index (χ0v) is 15.8. The van der Waals surface area contributed by atoms with E-state index < -0.39 is 0 Å². The van der Waals surface area contributed by atoms with Gasteiger partial charge in [-0.3, -0.25) is 9.69 Å². The molecule has 4 rings (SSSR count). The summed E-state index contributed by atoms with van der Waals surface area (Å²) in [7, 11) is 0. The van der Waals surface area contributed by atoms with Crippen LogP contribution in [0.1, 0.15) is 30.0 Å². The predicted molar refractivity (Wildman–Crippen MR) is 101 cm³/mol. The molecule has 1 saturated heterocycles. The number of nitrogens with zero attached hydrogens (tertiary/aromatic N) is 4. The Balaban J connectivity index is 1.52. The zero-order valence-electron chi connectivity index (χ0n) is 15.0. The lowest BCUT2D eigenvalue weighted by atomic mass is 9.98. The molecule has 0 unspecified atom stereocenters. The van der Waals surface area contributed by atoms with Gasteiger partial charge in [-0.05, 0) is 36.2 Å². The summed E-state index contributed by atoms with van der Waals surface area (Å²) < 4.78 is 13.9. The van der Waals surface area contributed by atoms with Crippen molar-refractivity contribution >= 4 is 28.7 Å². The van der Waals surface area contributed by atoms with Gasteiger partial charge in [-0.25, -0.2) is 0 Å². The monoisotopic (exact) mass is 370 g/mol. The van der Waals surface area contributed by atoms with Gasteiger partial charge in [-0.1, -0.05) is 13.8 Å². The number of carbonyl (C=O) groups is 1. The van der Waals surface area contributed by atoms with Gasteiger partial charge in [-0.15, -0.1) is 0 Å². The fourth-order valence-corrected chi connectivity index (χ4v) is 4.06. The molecule has 1 aliphatic heterocycles. The van der Waals surface area contributed by atoms with Crippen LogP contribution < -0.4 is 0 Å². The molecule has 0 spiro atoms. The fourth-order valence-electron chi connectivity index (χ4n) is 3.54. The van der Waals surface area contributed by atoms with Gasteiger partial charge in [0.2, 0.25) is 0 Å². The van der Waals surface area contributed by atoms with E-state index in [2.05, 4.69) is 27.5 Å². The van der Waals surface area contributed by atoms with Crippen molar-refractivity contribution in [1.29, 1.82) is 0 Å². The number of benzene rings is 1. The van der Waals surface area contributed by atoms with E-state index in [0.717, 1.165) is 43.0 Å². The molecule has 0 N–H and O–H groups in total. The standard InChI is InChI=1S/C19H22N4O2S/c1-13(2)18-12-22(11-15-4-3-9-25-15)7-8-23(18)19(24)14-5-6-16-17(10-14)21-26-20-16/h3-6,9-10,13,18H,7-8,11-12H2,1-2H3/t18-/m1/s1. The lowest BCUT2D eigenvalue weighted by Gasteiger charge is -2.43. The van der Waals surface area contributed by atoms with E-state index in [1.165, 1.54) is 11.7 Å². The summed E-state index contributed by atoms with van der Waals surface area (Å²) in [4.78, 5) is 17.5. The molecule has 2 aromatic heterocycles. The van der Waals surface area contributed by atoms with Crippen LogP contribution in [0.3, 0.4) is 0 Å². The smallest absolute Gasteiger partial charge is 0.254 e. The number of piperazine rings is 1. The topological polar surface area (TPSA) is 62.5 Å². The van der Waals surface area contributed by atoms with Crippen molar-refractivity contribution in [3.63, 3.8) is 0 Å². The molecule has 7 heteroatoms. The number of hydrogen-bond acceptors (Lipinski definition) is 6. The first kappa shape index (κ1) is 17.2. The Bertz CT molecular complexity index is 890. The van der Waals surface area contributed by atoms with Crippen LogP contribution in [-0.2, 0) is 6.54 Å². The maximum absolute atomic E-state index is 13.1. The van der Waals surface area contributed by atoms with Crippen molar-refractivity contribution in [2.75, 3.05) is 19.6 Å². The second kappa shape index (κ2) is 7.17. The molecule has 3 heterocycles. The first-order valence-electron chi connectivity index (χ1n) is 8.90. The van der Waals surface area contributed by atoms with E-state index in [-0.39, 0.29) is 11.9 Å². The summed E-state index contributed by atoms with van der Waals surface area (Å²) in [5.41, 5.74) is 2.32. The van der Waals surface area contributed by atoms with Gasteiger partial charge in [0.1, 0.15) is 16.8 Å². The number of fused-ring (bicyclic) bond motifs is 1. The summed E-state index contributed by atoms with van der Waals surface area (Å²) >= 11 is 1.18. The van der Waals surface area contributed by atoms with Gasteiger partial charge in [0.15, 0.2) is 0 Å². The molecule has 3 aromatic rings. The Kier molecular flexibility index (Phi) is 4.74. The predicted octanol–water partition coefficient (Wildman–Crippen LogP) is 3.27. The van der Waals surface area contributed by atoms with Crippen molar-refractivity contribution < 1.29 is 9.21 Å². The molecular weight excluding hydrogens is 348 g/mol. The van der Waals surface area contributed by atoms with Crippen LogP contribution in [0, 0.1) is 5.92 Å². The average molecular weight is 370 g/mol. The largest absolute Gasteiger partial charge is 0.468 e. The molecule has 6 nitrogen and oxygen atoms in total. The minimum Gasteiger partial charge on any atom is -0.468 e. The molecule has 1 atom stereocenters. The minimum atomic E-state index is 0.0799. The van der Waals surface area contributed by atoms with Crippen LogP contribution in [0.5, 0.6) is 0 Å². The van der Waals surface area contributed by atoms with Crippen molar-refractivity contribution in [1.82, 2.24) is 18.5 Å². The third-order valence-corrected chi connectivity index (χ3v) is 5.55. The minimum absolute atomic E-state index is 0.0799. The fraction of sp³-hybridized carbons (Fsp3) is 0.421. The van der Waals surface area contributed by atoms with Gasteiger partial charge in [-0.2, -0.15) is 8.75 Å². The first-order valence-corrected chi connectivity index (χ1v) is 9.63. The van der Waals surface area contributed by atoms with Crippen LogP contribution >= 0.6 is 11.7 Å². The maximum atomic E-state index is 13.1. The molecule has 26 heavy (non-hydrogen) atoms. The SMILES string of the molecule is CC(C)[C@H]1CN(Cc2ccco2)CCN1C(=O)c1ccc2nsnc2c1. The van der Waals surface area contributed by atoms with Crippen LogP contribution in [-0.4, -0.2) is 50.1 Å². The van der Waals surface area contributed by atoms with E-state index in [9.17, 15) is 4.79 Å². The third-order valence-electron chi connectivity index (χ3n) is 4.99. The highest BCUT2D eigenvalue weighted by molar-refractivity contribution is 7.00. The second-order valence-corrected chi connectivity index (χ2v) is 7.62. The van der Waals surface area contributed by atoms with Gasteiger partial charge < -0.3 is 9.32 Å². The molecule has 0 saturated carbocycles. The Morgan fingerprint density at radius 1 is 1.27 bits per heavy atom. The molecule has 0 bridgehead atoms. The Hall–Kier alpha value is -2.25. The maximum Gasteiger partial charge on any atom is 0.254 e. The molecule has 0 aliphatic carbocycles. The summed E-state index contributed by atoms with van der Waals surface area (Å²) in [6.07, 6.45) is 1.71. The summed E-state index contributed by atoms with van der Waals surface area (Å²) in [5.74, 6) is 1.42. The number of furan rings is 1. The van der Waals surface area contributed by atoms with E-state index in [4.69, 9.17) is 4.42 Å². The lowest BCUT2D eigenvalue weighted by Crippen LogP contribution is -2.56. The van der Waals surface area contributed by atoms with Crippen molar-refractivity contribution in [2.45, 2.75) is 26.4 Å². The molecular formula is C19H22N4O2S. The van der Waals surface area contributed by atoms with E-state index in [1.807, 2.05) is 35.2 Å². The van der Waals surface area contributed by atoms with E-state index >= 15 is 0 Å². The van der Waals surface area contributed by atoms with Gasteiger partial charge in [0, 0.05) is 31.2 Å². The molecule has 1 amide bonds. The normalized spacial score (nSPS) is 18.7.